The first-order chi connectivity index (χ1) is 8.51. The number of rotatable bonds is 6. The van der Waals surface area contributed by atoms with Gasteiger partial charge in [-0.15, -0.1) is 0 Å². The van der Waals surface area contributed by atoms with Crippen molar-refractivity contribution in [3.8, 4) is 5.75 Å². The molecule has 1 rings (SSSR count). The minimum atomic E-state index is 0.160. The Kier molecular flexibility index (Phi) is 5.72. The average Bonchev–Trinajstić information content (AvgIpc) is 2.27. The molecule has 3 nitrogen and oxygen atoms in total. The van der Waals surface area contributed by atoms with E-state index in [-0.39, 0.29) is 6.10 Å². The number of hydrogen-bond donors (Lipinski definition) is 2. The predicted molar refractivity (Wildman–Crippen MR) is 78.8 cm³/mol. The fourth-order valence-electron chi connectivity index (χ4n) is 1.61. The number of hydrogen-bond acceptors (Lipinski definition) is 3. The van der Waals surface area contributed by atoms with Crippen molar-refractivity contribution in [2.75, 3.05) is 12.8 Å². The number of anilines is 1. The van der Waals surface area contributed by atoms with Crippen LogP contribution in [0.15, 0.2) is 24.3 Å². The highest BCUT2D eigenvalue weighted by atomic mass is 16.5. The van der Waals surface area contributed by atoms with E-state index in [4.69, 9.17) is 10.5 Å². The van der Waals surface area contributed by atoms with Crippen LogP contribution in [0.25, 0.3) is 6.08 Å². The Balaban J connectivity index is 2.73. The van der Waals surface area contributed by atoms with Crippen LogP contribution in [0.1, 0.15) is 32.8 Å². The molecule has 1 atom stereocenters. The van der Waals surface area contributed by atoms with Gasteiger partial charge in [0.05, 0.1) is 6.10 Å². The number of nitrogens with two attached hydrogens (primary N) is 1. The molecule has 100 valence electrons. The number of nitrogens with one attached hydrogen (secondary N) is 1. The van der Waals surface area contributed by atoms with E-state index in [9.17, 15) is 0 Å². The molecule has 0 saturated carbocycles. The van der Waals surface area contributed by atoms with Crippen LogP contribution in [0.4, 0.5) is 5.69 Å². The molecule has 0 bridgehead atoms. The molecule has 0 radical (unpaired) electrons. The highest BCUT2D eigenvalue weighted by molar-refractivity contribution is 5.59. The molecule has 0 aliphatic rings. The lowest BCUT2D eigenvalue weighted by Gasteiger charge is -2.11. The SMILES string of the molecule is CNC(C)CC=Cc1cc(N)cc(OC(C)C)c1. The highest BCUT2D eigenvalue weighted by Gasteiger charge is 2.01. The van der Waals surface area contributed by atoms with Crippen LogP contribution in [0.2, 0.25) is 0 Å². The fraction of sp³-hybridized carbons (Fsp3) is 0.467. The number of nitrogen functional groups attached to an aromatic ring is 1. The van der Waals surface area contributed by atoms with Crippen LogP contribution in [-0.4, -0.2) is 19.2 Å². The van der Waals surface area contributed by atoms with E-state index in [0.717, 1.165) is 23.4 Å². The van der Waals surface area contributed by atoms with Crippen molar-refractivity contribution in [3.05, 3.63) is 29.8 Å². The Bertz CT molecular complexity index is 399. The molecule has 0 aliphatic carbocycles. The predicted octanol–water partition coefficient (Wildman–Crippen LogP) is 3.07. The highest BCUT2D eigenvalue weighted by Crippen LogP contribution is 2.21. The third kappa shape index (κ3) is 5.23. The van der Waals surface area contributed by atoms with Crippen LogP contribution in [-0.2, 0) is 0 Å². The maximum absolute atomic E-state index is 5.87. The molecule has 0 heterocycles. The van der Waals surface area contributed by atoms with Gasteiger partial charge in [-0.05, 0) is 51.9 Å². The maximum atomic E-state index is 5.87. The minimum Gasteiger partial charge on any atom is -0.491 e. The minimum absolute atomic E-state index is 0.160. The van der Waals surface area contributed by atoms with Crippen molar-refractivity contribution in [1.82, 2.24) is 5.32 Å². The second-order valence-electron chi connectivity index (χ2n) is 4.83. The molecule has 3 N–H and O–H groups in total. The lowest BCUT2D eigenvalue weighted by atomic mass is 10.1. The first kappa shape index (κ1) is 14.6. The van der Waals surface area contributed by atoms with Crippen molar-refractivity contribution >= 4 is 11.8 Å². The fourth-order valence-corrected chi connectivity index (χ4v) is 1.61. The Morgan fingerprint density at radius 2 is 2.00 bits per heavy atom. The molecule has 18 heavy (non-hydrogen) atoms. The van der Waals surface area contributed by atoms with Gasteiger partial charge in [0.1, 0.15) is 5.75 Å². The Labute approximate surface area is 110 Å². The summed E-state index contributed by atoms with van der Waals surface area (Å²) in [5, 5.41) is 3.20. The summed E-state index contributed by atoms with van der Waals surface area (Å²) in [6.45, 7) is 6.16. The van der Waals surface area contributed by atoms with Gasteiger partial charge >= 0.3 is 0 Å². The summed E-state index contributed by atoms with van der Waals surface area (Å²) < 4.78 is 5.66. The molecule has 1 aromatic carbocycles. The molecule has 0 aromatic heterocycles. The molecule has 0 fully saturated rings. The zero-order chi connectivity index (χ0) is 13.5. The van der Waals surface area contributed by atoms with Gasteiger partial charge in [-0.2, -0.15) is 0 Å². The molecule has 1 unspecified atom stereocenters. The van der Waals surface area contributed by atoms with E-state index in [0.29, 0.717) is 6.04 Å². The van der Waals surface area contributed by atoms with Crippen LogP contribution < -0.4 is 15.8 Å². The van der Waals surface area contributed by atoms with E-state index >= 15 is 0 Å². The third-order valence-electron chi connectivity index (χ3n) is 2.62. The van der Waals surface area contributed by atoms with Crippen molar-refractivity contribution in [2.45, 2.75) is 39.3 Å². The number of ether oxygens (including phenoxy) is 1. The molecule has 3 heteroatoms. The van der Waals surface area contributed by atoms with E-state index < -0.39 is 0 Å². The zero-order valence-corrected chi connectivity index (χ0v) is 11.7. The molecular weight excluding hydrogens is 224 g/mol. The zero-order valence-electron chi connectivity index (χ0n) is 11.7. The average molecular weight is 248 g/mol. The van der Waals surface area contributed by atoms with Crippen LogP contribution in [0.3, 0.4) is 0 Å². The summed E-state index contributed by atoms with van der Waals surface area (Å²) in [6, 6.07) is 6.30. The Hall–Kier alpha value is -1.48. The van der Waals surface area contributed by atoms with Gasteiger partial charge in [0.15, 0.2) is 0 Å². The summed E-state index contributed by atoms with van der Waals surface area (Å²) in [6.07, 6.45) is 5.38. The van der Waals surface area contributed by atoms with Crippen molar-refractivity contribution in [3.63, 3.8) is 0 Å². The second-order valence-corrected chi connectivity index (χ2v) is 4.83. The van der Waals surface area contributed by atoms with Gasteiger partial charge in [0.2, 0.25) is 0 Å². The standard InChI is InChI=1S/C15H24N2O/c1-11(2)18-15-9-13(8-14(16)10-15)7-5-6-12(3)17-4/h5,7-12,17H,6,16H2,1-4H3. The summed E-state index contributed by atoms with van der Waals surface area (Å²) in [5.74, 6) is 0.825. The summed E-state index contributed by atoms with van der Waals surface area (Å²) in [7, 11) is 1.97. The smallest absolute Gasteiger partial charge is 0.122 e. The van der Waals surface area contributed by atoms with Gasteiger partial charge in [-0.1, -0.05) is 12.2 Å². The topological polar surface area (TPSA) is 47.3 Å². The van der Waals surface area contributed by atoms with Crippen molar-refractivity contribution in [2.24, 2.45) is 0 Å². The van der Waals surface area contributed by atoms with Crippen molar-refractivity contribution < 1.29 is 4.74 Å². The lowest BCUT2D eigenvalue weighted by Crippen LogP contribution is -2.19. The van der Waals surface area contributed by atoms with E-state index in [2.05, 4.69) is 24.4 Å². The van der Waals surface area contributed by atoms with Gasteiger partial charge in [0.25, 0.3) is 0 Å². The quantitative estimate of drug-likeness (QED) is 0.761. The summed E-state index contributed by atoms with van der Waals surface area (Å²) in [4.78, 5) is 0. The van der Waals surface area contributed by atoms with Gasteiger partial charge in [-0.25, -0.2) is 0 Å². The second kappa shape index (κ2) is 7.07. The summed E-state index contributed by atoms with van der Waals surface area (Å²) in [5.41, 5.74) is 7.68. The van der Waals surface area contributed by atoms with Crippen LogP contribution in [0.5, 0.6) is 5.75 Å². The largest absolute Gasteiger partial charge is 0.491 e. The molecule has 0 aliphatic heterocycles. The Morgan fingerprint density at radius 1 is 1.28 bits per heavy atom. The lowest BCUT2D eigenvalue weighted by molar-refractivity contribution is 0.242. The molecule has 0 spiro atoms. The molecule has 1 aromatic rings. The number of benzene rings is 1. The first-order valence-electron chi connectivity index (χ1n) is 6.42. The van der Waals surface area contributed by atoms with Crippen LogP contribution in [0, 0.1) is 0 Å². The van der Waals surface area contributed by atoms with E-state index in [1.807, 2.05) is 39.1 Å². The summed E-state index contributed by atoms with van der Waals surface area (Å²) >= 11 is 0. The third-order valence-corrected chi connectivity index (χ3v) is 2.62. The van der Waals surface area contributed by atoms with Crippen LogP contribution >= 0.6 is 0 Å². The van der Waals surface area contributed by atoms with Crippen molar-refractivity contribution in [1.29, 1.82) is 0 Å². The van der Waals surface area contributed by atoms with Gasteiger partial charge in [-0.3, -0.25) is 0 Å². The van der Waals surface area contributed by atoms with Gasteiger partial charge < -0.3 is 15.8 Å². The van der Waals surface area contributed by atoms with Gasteiger partial charge in [0, 0.05) is 17.8 Å². The van der Waals surface area contributed by atoms with E-state index in [1.54, 1.807) is 0 Å². The van der Waals surface area contributed by atoms with E-state index in [1.165, 1.54) is 0 Å². The first-order valence-corrected chi connectivity index (χ1v) is 6.42. The molecule has 0 saturated heterocycles. The normalized spacial score (nSPS) is 13.2. The Morgan fingerprint density at radius 3 is 2.61 bits per heavy atom. The molecule has 0 amide bonds. The molecular formula is C15H24N2O. The maximum Gasteiger partial charge on any atom is 0.122 e. The monoisotopic (exact) mass is 248 g/mol.